The number of ether oxygens (including phenoxy) is 2. The molecule has 2 rings (SSSR count). The summed E-state index contributed by atoms with van der Waals surface area (Å²) < 4.78 is 46.0. The van der Waals surface area contributed by atoms with Gasteiger partial charge in [0.1, 0.15) is 18.1 Å². The number of alkyl halides is 3. The second-order valence-electron chi connectivity index (χ2n) is 4.54. The summed E-state index contributed by atoms with van der Waals surface area (Å²) in [6.45, 7) is 3.53. The van der Waals surface area contributed by atoms with E-state index in [2.05, 4.69) is 25.6 Å². The van der Waals surface area contributed by atoms with Crippen LogP contribution in [-0.2, 0) is 0 Å². The van der Waals surface area contributed by atoms with Crippen molar-refractivity contribution in [2.75, 3.05) is 26.2 Å². The van der Waals surface area contributed by atoms with Crippen LogP contribution in [0.1, 0.15) is 12.8 Å². The zero-order valence-electron chi connectivity index (χ0n) is 10.8. The van der Waals surface area contributed by atoms with E-state index in [1.807, 2.05) is 0 Å². The molecule has 1 aliphatic heterocycles. The van der Waals surface area contributed by atoms with E-state index in [4.69, 9.17) is 4.74 Å². The lowest BCUT2D eigenvalue weighted by Crippen LogP contribution is -2.25. The molecule has 3 nitrogen and oxygen atoms in total. The van der Waals surface area contributed by atoms with Crippen LogP contribution in [0.5, 0.6) is 11.5 Å². The maximum atomic E-state index is 12.1. The molecule has 1 saturated heterocycles. The topological polar surface area (TPSA) is 21.7 Å². The Bertz CT molecular complexity index is 448. The summed E-state index contributed by atoms with van der Waals surface area (Å²) in [5.74, 6) is 0.245. The van der Waals surface area contributed by atoms with Gasteiger partial charge in [0.05, 0.1) is 4.47 Å². The Morgan fingerprint density at radius 1 is 1.20 bits per heavy atom. The van der Waals surface area contributed by atoms with E-state index in [0.29, 0.717) is 12.4 Å². The van der Waals surface area contributed by atoms with Crippen LogP contribution in [0.3, 0.4) is 0 Å². The molecule has 0 unspecified atom stereocenters. The van der Waals surface area contributed by atoms with Crippen molar-refractivity contribution in [2.45, 2.75) is 19.2 Å². The third-order valence-corrected chi connectivity index (χ3v) is 3.62. The third kappa shape index (κ3) is 4.86. The van der Waals surface area contributed by atoms with Crippen molar-refractivity contribution in [2.24, 2.45) is 0 Å². The Morgan fingerprint density at radius 3 is 2.50 bits per heavy atom. The van der Waals surface area contributed by atoms with Crippen LogP contribution in [0.25, 0.3) is 0 Å². The zero-order chi connectivity index (χ0) is 14.6. The number of hydrogen-bond acceptors (Lipinski definition) is 3. The van der Waals surface area contributed by atoms with Gasteiger partial charge >= 0.3 is 6.36 Å². The molecule has 20 heavy (non-hydrogen) atoms. The van der Waals surface area contributed by atoms with E-state index >= 15 is 0 Å². The van der Waals surface area contributed by atoms with Crippen LogP contribution in [0.15, 0.2) is 22.7 Å². The average molecular weight is 354 g/mol. The summed E-state index contributed by atoms with van der Waals surface area (Å²) in [6.07, 6.45) is -2.26. The molecule has 1 fully saturated rings. The van der Waals surface area contributed by atoms with Crippen molar-refractivity contribution >= 4 is 15.9 Å². The fourth-order valence-electron chi connectivity index (χ4n) is 2.08. The molecule has 0 spiro atoms. The van der Waals surface area contributed by atoms with Gasteiger partial charge in [-0.3, -0.25) is 4.90 Å². The Balaban J connectivity index is 1.85. The molecule has 1 heterocycles. The Labute approximate surface area is 123 Å². The molecule has 0 N–H and O–H groups in total. The standard InChI is InChI=1S/C13H15BrF3NO2/c14-11-9-10(3-4-12(11)20-13(15,16)17)19-8-7-18-5-1-2-6-18/h3-4,9H,1-2,5-8H2. The molecule has 1 aliphatic rings. The molecule has 0 radical (unpaired) electrons. The summed E-state index contributed by atoms with van der Waals surface area (Å²) >= 11 is 3.04. The van der Waals surface area contributed by atoms with Gasteiger partial charge in [-0.05, 0) is 60.1 Å². The fraction of sp³-hybridized carbons (Fsp3) is 0.538. The average Bonchev–Trinajstić information content (AvgIpc) is 2.84. The number of nitrogens with zero attached hydrogens (tertiary/aromatic N) is 1. The Morgan fingerprint density at radius 2 is 1.90 bits per heavy atom. The molecular formula is C13H15BrF3NO2. The number of rotatable bonds is 5. The number of halogens is 4. The predicted octanol–water partition coefficient (Wildman–Crippen LogP) is 3.82. The van der Waals surface area contributed by atoms with Crippen molar-refractivity contribution in [3.8, 4) is 11.5 Å². The smallest absolute Gasteiger partial charge is 0.492 e. The second kappa shape index (κ2) is 6.67. The van der Waals surface area contributed by atoms with Crippen LogP contribution in [0.2, 0.25) is 0 Å². The van der Waals surface area contributed by atoms with E-state index < -0.39 is 6.36 Å². The van der Waals surface area contributed by atoms with E-state index in [1.54, 1.807) is 0 Å². The lowest BCUT2D eigenvalue weighted by atomic mass is 10.3. The second-order valence-corrected chi connectivity index (χ2v) is 5.39. The first-order valence-corrected chi connectivity index (χ1v) is 7.14. The summed E-state index contributed by atoms with van der Waals surface area (Å²) in [5, 5.41) is 0. The zero-order valence-corrected chi connectivity index (χ0v) is 12.3. The first kappa shape index (κ1) is 15.4. The van der Waals surface area contributed by atoms with Gasteiger partial charge in [-0.25, -0.2) is 0 Å². The maximum Gasteiger partial charge on any atom is 0.573 e. The van der Waals surface area contributed by atoms with Crippen LogP contribution >= 0.6 is 15.9 Å². The Hall–Kier alpha value is -0.950. The molecule has 112 valence electrons. The SMILES string of the molecule is FC(F)(F)Oc1ccc(OCCN2CCCC2)cc1Br. The highest BCUT2D eigenvalue weighted by atomic mass is 79.9. The highest BCUT2D eigenvalue weighted by molar-refractivity contribution is 9.10. The van der Waals surface area contributed by atoms with E-state index in [9.17, 15) is 13.2 Å². The molecule has 0 saturated carbocycles. The van der Waals surface area contributed by atoms with Crippen LogP contribution in [0, 0.1) is 0 Å². The molecule has 0 bridgehead atoms. The van der Waals surface area contributed by atoms with Gasteiger partial charge in [-0.1, -0.05) is 0 Å². The van der Waals surface area contributed by atoms with Gasteiger partial charge in [0.2, 0.25) is 0 Å². The molecule has 0 aromatic heterocycles. The van der Waals surface area contributed by atoms with Gasteiger partial charge < -0.3 is 9.47 Å². The van der Waals surface area contributed by atoms with Gasteiger partial charge in [0, 0.05) is 6.54 Å². The minimum absolute atomic E-state index is 0.216. The summed E-state index contributed by atoms with van der Waals surface area (Å²) in [6, 6.07) is 4.18. The molecule has 0 aliphatic carbocycles. The first-order valence-electron chi connectivity index (χ1n) is 6.34. The van der Waals surface area contributed by atoms with Crippen LogP contribution in [0.4, 0.5) is 13.2 Å². The fourth-order valence-corrected chi connectivity index (χ4v) is 2.52. The minimum atomic E-state index is -4.69. The van der Waals surface area contributed by atoms with Crippen LogP contribution < -0.4 is 9.47 Å². The summed E-state index contributed by atoms with van der Waals surface area (Å²) in [4.78, 5) is 2.30. The minimum Gasteiger partial charge on any atom is -0.492 e. The molecular weight excluding hydrogens is 339 g/mol. The van der Waals surface area contributed by atoms with Gasteiger partial charge in [0.25, 0.3) is 0 Å². The lowest BCUT2D eigenvalue weighted by molar-refractivity contribution is -0.274. The number of benzene rings is 1. The molecule has 7 heteroatoms. The maximum absolute atomic E-state index is 12.1. The van der Waals surface area contributed by atoms with E-state index in [-0.39, 0.29) is 10.2 Å². The van der Waals surface area contributed by atoms with Gasteiger partial charge in [-0.2, -0.15) is 0 Å². The van der Waals surface area contributed by atoms with E-state index in [1.165, 1.54) is 31.0 Å². The quantitative estimate of drug-likeness (QED) is 0.803. The number of likely N-dealkylation sites (tertiary alicyclic amines) is 1. The van der Waals surface area contributed by atoms with Crippen molar-refractivity contribution in [3.05, 3.63) is 22.7 Å². The largest absolute Gasteiger partial charge is 0.573 e. The summed E-state index contributed by atoms with van der Waals surface area (Å²) in [5.41, 5.74) is 0. The summed E-state index contributed by atoms with van der Waals surface area (Å²) in [7, 11) is 0. The van der Waals surface area contributed by atoms with Crippen molar-refractivity contribution in [3.63, 3.8) is 0 Å². The van der Waals surface area contributed by atoms with Crippen molar-refractivity contribution in [1.82, 2.24) is 4.90 Å². The van der Waals surface area contributed by atoms with Crippen molar-refractivity contribution < 1.29 is 22.6 Å². The molecule has 0 amide bonds. The highest BCUT2D eigenvalue weighted by Crippen LogP contribution is 2.33. The molecule has 1 aromatic rings. The number of hydrogen-bond donors (Lipinski definition) is 0. The van der Waals surface area contributed by atoms with Crippen LogP contribution in [-0.4, -0.2) is 37.5 Å². The van der Waals surface area contributed by atoms with Gasteiger partial charge in [-0.15, -0.1) is 13.2 Å². The first-order chi connectivity index (χ1) is 9.44. The third-order valence-electron chi connectivity index (χ3n) is 3.00. The van der Waals surface area contributed by atoms with Crippen molar-refractivity contribution in [1.29, 1.82) is 0 Å². The molecule has 0 atom stereocenters. The highest BCUT2D eigenvalue weighted by Gasteiger charge is 2.32. The Kier molecular flexibility index (Phi) is 5.15. The monoisotopic (exact) mass is 353 g/mol. The lowest BCUT2D eigenvalue weighted by Gasteiger charge is -2.15. The van der Waals surface area contributed by atoms with E-state index in [0.717, 1.165) is 19.6 Å². The van der Waals surface area contributed by atoms with Gasteiger partial charge in [0.15, 0.2) is 0 Å². The normalized spacial score (nSPS) is 16.4. The predicted molar refractivity (Wildman–Crippen MR) is 72.0 cm³/mol. The molecule has 1 aromatic carbocycles.